The summed E-state index contributed by atoms with van der Waals surface area (Å²) in [5.41, 5.74) is 3.55. The fourth-order valence-corrected chi connectivity index (χ4v) is 3.02. The summed E-state index contributed by atoms with van der Waals surface area (Å²) in [5, 5.41) is 7.62. The topological polar surface area (TPSA) is 79.8 Å². The van der Waals surface area contributed by atoms with Crippen LogP contribution < -0.4 is 10.6 Å². The predicted molar refractivity (Wildman–Crippen MR) is 111 cm³/mol. The van der Waals surface area contributed by atoms with Gasteiger partial charge in [-0.1, -0.05) is 29.8 Å². The van der Waals surface area contributed by atoms with Crippen molar-refractivity contribution in [3.63, 3.8) is 0 Å². The third kappa shape index (κ3) is 3.77. The molecule has 0 fully saturated rings. The zero-order valence-corrected chi connectivity index (χ0v) is 15.7. The van der Waals surface area contributed by atoms with Crippen LogP contribution in [0.5, 0.6) is 0 Å². The fraction of sp³-hybridized carbons (Fsp3) is 0.0476. The van der Waals surface area contributed by atoms with E-state index in [4.69, 9.17) is 11.6 Å². The number of amides is 1. The molecule has 1 amide bonds. The lowest BCUT2D eigenvalue weighted by molar-refractivity contribution is 0.102. The summed E-state index contributed by atoms with van der Waals surface area (Å²) in [7, 11) is 0. The minimum atomic E-state index is -0.288. The Kier molecular flexibility index (Phi) is 4.87. The van der Waals surface area contributed by atoms with E-state index in [-0.39, 0.29) is 5.91 Å². The number of pyridine rings is 1. The van der Waals surface area contributed by atoms with E-state index >= 15 is 0 Å². The van der Waals surface area contributed by atoms with Crippen LogP contribution in [0.4, 0.5) is 17.3 Å². The number of aryl methyl sites for hydroxylation is 1. The first-order chi connectivity index (χ1) is 13.6. The van der Waals surface area contributed by atoms with Crippen molar-refractivity contribution in [1.29, 1.82) is 0 Å². The highest BCUT2D eigenvalue weighted by Crippen LogP contribution is 2.23. The molecule has 2 heterocycles. The summed E-state index contributed by atoms with van der Waals surface area (Å²) in [6, 6.07) is 15.0. The third-order valence-electron chi connectivity index (χ3n) is 4.23. The monoisotopic (exact) mass is 389 g/mol. The molecule has 0 saturated heterocycles. The molecule has 0 spiro atoms. The summed E-state index contributed by atoms with van der Waals surface area (Å²) >= 11 is 5.95. The average molecular weight is 390 g/mol. The summed E-state index contributed by atoms with van der Waals surface area (Å²) in [6.07, 6.45) is 4.70. The van der Waals surface area contributed by atoms with Crippen molar-refractivity contribution in [1.82, 2.24) is 15.0 Å². The number of nitrogens with zero attached hydrogens (tertiary/aromatic N) is 3. The molecule has 4 aromatic rings. The molecule has 6 nitrogen and oxygen atoms in total. The van der Waals surface area contributed by atoms with Gasteiger partial charge >= 0.3 is 0 Å². The van der Waals surface area contributed by atoms with Crippen LogP contribution in [0.1, 0.15) is 15.9 Å². The van der Waals surface area contributed by atoms with E-state index in [1.165, 1.54) is 12.4 Å². The Morgan fingerprint density at radius 2 is 1.75 bits per heavy atom. The van der Waals surface area contributed by atoms with Crippen molar-refractivity contribution in [2.45, 2.75) is 6.92 Å². The number of carbonyl (C=O) groups is 1. The van der Waals surface area contributed by atoms with Gasteiger partial charge in [0.25, 0.3) is 5.91 Å². The number of rotatable bonds is 4. The van der Waals surface area contributed by atoms with Crippen molar-refractivity contribution in [2.24, 2.45) is 0 Å². The number of nitrogens with one attached hydrogen (secondary N) is 2. The van der Waals surface area contributed by atoms with Crippen molar-refractivity contribution < 1.29 is 4.79 Å². The normalized spacial score (nSPS) is 10.6. The van der Waals surface area contributed by atoms with Crippen molar-refractivity contribution in [3.05, 3.63) is 83.3 Å². The average Bonchev–Trinajstić information content (AvgIpc) is 2.71. The minimum Gasteiger partial charge on any atom is -0.322 e. The van der Waals surface area contributed by atoms with Gasteiger partial charge in [0.05, 0.1) is 16.8 Å². The second kappa shape index (κ2) is 7.62. The number of anilines is 3. The zero-order chi connectivity index (χ0) is 19.5. The van der Waals surface area contributed by atoms with Gasteiger partial charge in [-0.2, -0.15) is 0 Å². The molecule has 2 aromatic carbocycles. The van der Waals surface area contributed by atoms with E-state index < -0.39 is 0 Å². The van der Waals surface area contributed by atoms with Crippen LogP contribution in [-0.2, 0) is 0 Å². The van der Waals surface area contributed by atoms with E-state index in [9.17, 15) is 4.79 Å². The molecule has 0 radical (unpaired) electrons. The van der Waals surface area contributed by atoms with Gasteiger partial charge in [0.15, 0.2) is 0 Å². The minimum absolute atomic E-state index is 0.288. The van der Waals surface area contributed by atoms with E-state index in [0.717, 1.165) is 22.2 Å². The van der Waals surface area contributed by atoms with Crippen molar-refractivity contribution in [3.8, 4) is 0 Å². The molecule has 0 unspecified atom stereocenters. The van der Waals surface area contributed by atoms with Crippen molar-refractivity contribution in [2.75, 3.05) is 10.6 Å². The molecule has 0 aliphatic heterocycles. The van der Waals surface area contributed by atoms with E-state index in [0.29, 0.717) is 22.2 Å². The van der Waals surface area contributed by atoms with Gasteiger partial charge in [-0.25, -0.2) is 9.97 Å². The largest absolute Gasteiger partial charge is 0.322 e. The lowest BCUT2D eigenvalue weighted by Crippen LogP contribution is -2.14. The number of carbonyl (C=O) groups excluding carboxylic acids is 1. The van der Waals surface area contributed by atoms with Crippen LogP contribution in [-0.4, -0.2) is 20.9 Å². The molecule has 4 rings (SSSR count). The first-order valence-corrected chi connectivity index (χ1v) is 8.98. The molecular formula is C21H16ClN5O. The van der Waals surface area contributed by atoms with E-state index in [1.807, 2.05) is 37.3 Å². The van der Waals surface area contributed by atoms with Crippen molar-refractivity contribution >= 4 is 45.7 Å². The maximum Gasteiger partial charge on any atom is 0.258 e. The third-order valence-corrected chi connectivity index (χ3v) is 4.46. The van der Waals surface area contributed by atoms with Crippen LogP contribution in [0.15, 0.2) is 67.1 Å². The number of para-hydroxylation sites is 1. The number of hydrogen-bond donors (Lipinski definition) is 2. The smallest absolute Gasteiger partial charge is 0.258 e. The quantitative estimate of drug-likeness (QED) is 0.514. The van der Waals surface area contributed by atoms with Gasteiger partial charge in [0.1, 0.15) is 0 Å². The Morgan fingerprint density at radius 1 is 0.964 bits per heavy atom. The number of benzene rings is 2. The van der Waals surface area contributed by atoms with Crippen LogP contribution in [0.2, 0.25) is 5.02 Å². The highest BCUT2D eigenvalue weighted by atomic mass is 35.5. The molecular weight excluding hydrogens is 374 g/mol. The zero-order valence-electron chi connectivity index (χ0n) is 15.0. The molecule has 0 saturated carbocycles. The van der Waals surface area contributed by atoms with E-state index in [1.54, 1.807) is 24.4 Å². The molecule has 0 atom stereocenters. The van der Waals surface area contributed by atoms with Gasteiger partial charge in [-0.05, 0) is 42.8 Å². The van der Waals surface area contributed by atoms with Crippen LogP contribution in [0, 0.1) is 6.92 Å². The Bertz CT molecular complexity index is 1160. The Morgan fingerprint density at radius 3 is 2.54 bits per heavy atom. The maximum atomic E-state index is 12.4. The Balaban J connectivity index is 1.51. The number of aromatic nitrogens is 3. The highest BCUT2D eigenvalue weighted by molar-refractivity contribution is 6.30. The number of halogens is 1. The first-order valence-electron chi connectivity index (χ1n) is 8.60. The standard InChI is InChI=1S/C21H16ClN5O/c1-13-10-16(22)7-8-17(13)26-20(28)15-11-24-21(25-12-15)27-18-6-2-4-14-5-3-9-23-19(14)18/h2-12H,1H3,(H,26,28)(H,24,25,27). The fourth-order valence-electron chi connectivity index (χ4n) is 2.80. The van der Waals surface area contributed by atoms with Gasteiger partial charge in [0, 0.05) is 34.7 Å². The summed E-state index contributed by atoms with van der Waals surface area (Å²) in [6.45, 7) is 1.88. The molecule has 7 heteroatoms. The molecule has 0 aliphatic rings. The Hall–Kier alpha value is -3.51. The van der Waals surface area contributed by atoms with Gasteiger partial charge < -0.3 is 10.6 Å². The number of hydrogen-bond acceptors (Lipinski definition) is 5. The SMILES string of the molecule is Cc1cc(Cl)ccc1NC(=O)c1cnc(Nc2cccc3cccnc23)nc1. The second-order valence-corrected chi connectivity index (χ2v) is 6.65. The predicted octanol–water partition coefficient (Wildman–Crippen LogP) is 4.98. The van der Waals surface area contributed by atoms with Crippen LogP contribution in [0.3, 0.4) is 0 Å². The molecule has 0 bridgehead atoms. The van der Waals surface area contributed by atoms with Crippen LogP contribution >= 0.6 is 11.6 Å². The highest BCUT2D eigenvalue weighted by Gasteiger charge is 2.10. The number of fused-ring (bicyclic) bond motifs is 1. The maximum absolute atomic E-state index is 12.4. The van der Waals surface area contributed by atoms with Gasteiger partial charge in [-0.15, -0.1) is 0 Å². The lowest BCUT2D eigenvalue weighted by atomic mass is 10.2. The molecule has 138 valence electrons. The molecule has 2 aromatic heterocycles. The van der Waals surface area contributed by atoms with E-state index in [2.05, 4.69) is 25.6 Å². The Labute approximate surface area is 166 Å². The van der Waals surface area contributed by atoms with Gasteiger partial charge in [-0.3, -0.25) is 9.78 Å². The van der Waals surface area contributed by atoms with Gasteiger partial charge in [0.2, 0.25) is 5.95 Å². The summed E-state index contributed by atoms with van der Waals surface area (Å²) < 4.78 is 0. The first kappa shape index (κ1) is 17.9. The lowest BCUT2D eigenvalue weighted by Gasteiger charge is -2.10. The summed E-state index contributed by atoms with van der Waals surface area (Å²) in [4.78, 5) is 25.3. The van der Waals surface area contributed by atoms with Crippen LogP contribution in [0.25, 0.3) is 10.9 Å². The molecule has 28 heavy (non-hydrogen) atoms. The molecule has 0 aliphatic carbocycles. The second-order valence-electron chi connectivity index (χ2n) is 6.21. The summed E-state index contributed by atoms with van der Waals surface area (Å²) in [5.74, 6) is 0.0983. The molecule has 2 N–H and O–H groups in total.